The second-order valence-corrected chi connectivity index (χ2v) is 19.3. The molecule has 252 valence electrons. The molecule has 1 heterocycles. The molecule has 1 aromatic rings. The SMILES string of the molecule is C=C[C@@H](OCc1ccc(OC)cc1)[C@]1([C@H]2/C=C\[C@]3(O)CC[C@H]([C@@H](OCOC)C(=O)[C@]2(C)O[Si](C)(C)C)C3(C)C)COC(C)(C)O1. The third kappa shape index (κ3) is 6.90. The van der Waals surface area contributed by atoms with E-state index in [1.807, 2.05) is 71.0 Å². The molecule has 10 heteroatoms. The Kier molecular flexibility index (Phi) is 10.4. The predicted octanol–water partition coefficient (Wildman–Crippen LogP) is 5.81. The zero-order chi connectivity index (χ0) is 33.5. The molecule has 1 N–H and O–H groups in total. The van der Waals surface area contributed by atoms with Crippen molar-refractivity contribution in [1.82, 2.24) is 0 Å². The fourth-order valence-corrected chi connectivity index (χ4v) is 9.07. The summed E-state index contributed by atoms with van der Waals surface area (Å²) in [6.07, 6.45) is 4.94. The van der Waals surface area contributed by atoms with Gasteiger partial charge in [-0.1, -0.05) is 44.2 Å². The number of methoxy groups -OCH3 is 2. The van der Waals surface area contributed by atoms with Crippen molar-refractivity contribution < 1.29 is 42.7 Å². The van der Waals surface area contributed by atoms with Crippen molar-refractivity contribution in [3.8, 4) is 5.75 Å². The standard InChI is InChI=1S/C35H54O9Si/c1-12-28(40-21-24-13-15-25(39-8)16-14-24)35(22-42-32(4,5)43-35)27-18-20-34(37)19-17-26(31(34,2)3)29(41-23-38-7)30(36)33(27,6)44-45(9,10)11/h12-16,18,20,26-29,37H,1,17,19,21-23H2,2-11H3/b20-18-/t26-,27+,28-,29-,33-,34-,35-/m1/s1. The molecule has 0 amide bonds. The van der Waals surface area contributed by atoms with E-state index in [0.717, 1.165) is 11.3 Å². The summed E-state index contributed by atoms with van der Waals surface area (Å²) in [5, 5.41) is 12.2. The molecule has 1 saturated heterocycles. The number of carbonyl (C=O) groups excluding carboxylic acids is 1. The number of ether oxygens (including phenoxy) is 6. The third-order valence-electron chi connectivity index (χ3n) is 9.93. The highest BCUT2D eigenvalue weighted by atomic mass is 28.4. The molecule has 4 rings (SSSR count). The lowest BCUT2D eigenvalue weighted by Crippen LogP contribution is -2.66. The van der Waals surface area contributed by atoms with Crippen LogP contribution < -0.4 is 4.74 Å². The van der Waals surface area contributed by atoms with E-state index in [4.69, 9.17) is 32.8 Å². The molecule has 0 aromatic heterocycles. The van der Waals surface area contributed by atoms with E-state index in [0.29, 0.717) is 12.8 Å². The highest BCUT2D eigenvalue weighted by molar-refractivity contribution is 6.70. The zero-order valence-electron chi connectivity index (χ0n) is 28.8. The van der Waals surface area contributed by atoms with Gasteiger partial charge in [0.1, 0.15) is 36.0 Å². The molecule has 0 radical (unpaired) electrons. The summed E-state index contributed by atoms with van der Waals surface area (Å²) in [6.45, 7) is 20.1. The van der Waals surface area contributed by atoms with Gasteiger partial charge in [0.2, 0.25) is 0 Å². The third-order valence-corrected chi connectivity index (χ3v) is 11.0. The minimum atomic E-state index is -2.42. The van der Waals surface area contributed by atoms with E-state index in [-0.39, 0.29) is 31.7 Å². The minimum Gasteiger partial charge on any atom is -0.497 e. The number of aliphatic hydroxyl groups is 1. The first-order valence-corrected chi connectivity index (χ1v) is 19.3. The molecule has 1 saturated carbocycles. The van der Waals surface area contributed by atoms with Crippen LogP contribution in [0.1, 0.15) is 53.0 Å². The van der Waals surface area contributed by atoms with Gasteiger partial charge in [-0.2, -0.15) is 0 Å². The Hall–Kier alpha value is -1.89. The largest absolute Gasteiger partial charge is 0.497 e. The van der Waals surface area contributed by atoms with Gasteiger partial charge in [-0.25, -0.2) is 0 Å². The van der Waals surface area contributed by atoms with E-state index in [2.05, 4.69) is 26.2 Å². The van der Waals surface area contributed by atoms with Gasteiger partial charge in [0, 0.05) is 24.4 Å². The van der Waals surface area contributed by atoms with E-state index >= 15 is 4.79 Å². The van der Waals surface area contributed by atoms with Crippen LogP contribution in [0, 0.1) is 17.3 Å². The monoisotopic (exact) mass is 646 g/mol. The highest BCUT2D eigenvalue weighted by Gasteiger charge is 2.66. The van der Waals surface area contributed by atoms with Crippen LogP contribution in [-0.2, 0) is 39.5 Å². The second-order valence-electron chi connectivity index (χ2n) is 14.9. The summed E-state index contributed by atoms with van der Waals surface area (Å²) in [5.41, 5.74) is -3.67. The summed E-state index contributed by atoms with van der Waals surface area (Å²) in [5.74, 6) is -1.52. The molecule has 7 atom stereocenters. The van der Waals surface area contributed by atoms with Gasteiger partial charge < -0.3 is 38.0 Å². The van der Waals surface area contributed by atoms with Crippen molar-refractivity contribution in [2.24, 2.45) is 17.3 Å². The van der Waals surface area contributed by atoms with Gasteiger partial charge in [-0.15, -0.1) is 6.58 Å². The first kappa shape index (κ1) is 36.0. The maximum absolute atomic E-state index is 15.2. The number of hydrogen-bond donors (Lipinski definition) is 1. The molecule has 2 aliphatic carbocycles. The lowest BCUT2D eigenvalue weighted by atomic mass is 9.68. The predicted molar refractivity (Wildman–Crippen MR) is 174 cm³/mol. The average molecular weight is 647 g/mol. The van der Waals surface area contributed by atoms with Crippen molar-refractivity contribution in [2.75, 3.05) is 27.6 Å². The van der Waals surface area contributed by atoms with Crippen molar-refractivity contribution >= 4 is 14.1 Å². The molecule has 0 unspecified atom stereocenters. The number of benzene rings is 1. The van der Waals surface area contributed by atoms with Crippen molar-refractivity contribution in [2.45, 2.75) is 109 Å². The Bertz CT molecular complexity index is 1240. The molecular formula is C35H54O9Si. The van der Waals surface area contributed by atoms with Crippen LogP contribution in [-0.4, -0.2) is 81.6 Å². The fourth-order valence-electron chi connectivity index (χ4n) is 7.57. The molecule has 3 aliphatic rings. The van der Waals surface area contributed by atoms with Crippen LogP contribution in [0.4, 0.5) is 0 Å². The summed E-state index contributed by atoms with van der Waals surface area (Å²) < 4.78 is 43.6. The van der Waals surface area contributed by atoms with Gasteiger partial charge >= 0.3 is 0 Å². The van der Waals surface area contributed by atoms with E-state index in [9.17, 15) is 5.11 Å². The first-order valence-electron chi connectivity index (χ1n) is 15.9. The number of Topliss-reactive ketones (excluding diaryl/α,β-unsaturated/α-hetero) is 1. The number of hydrogen-bond acceptors (Lipinski definition) is 9. The molecule has 1 aliphatic heterocycles. The maximum atomic E-state index is 15.2. The fraction of sp³-hybridized carbons (Fsp3) is 0.686. The Morgan fingerprint density at radius 3 is 2.31 bits per heavy atom. The minimum absolute atomic E-state index is 0.0689. The molecule has 2 fully saturated rings. The molecule has 1 aromatic carbocycles. The smallest absolute Gasteiger partial charge is 0.192 e. The van der Waals surface area contributed by atoms with Crippen LogP contribution >= 0.6 is 0 Å². The molecular weight excluding hydrogens is 592 g/mol. The molecule has 2 bridgehead atoms. The first-order chi connectivity index (χ1) is 20.9. The van der Waals surface area contributed by atoms with Gasteiger partial charge in [0.25, 0.3) is 0 Å². The van der Waals surface area contributed by atoms with Crippen LogP contribution in [0.2, 0.25) is 19.6 Å². The molecule has 9 nitrogen and oxygen atoms in total. The second kappa shape index (κ2) is 13.0. The van der Waals surface area contributed by atoms with Crippen LogP contribution in [0.3, 0.4) is 0 Å². The Balaban J connectivity index is 1.91. The van der Waals surface area contributed by atoms with E-state index < -0.39 is 54.4 Å². The van der Waals surface area contributed by atoms with Gasteiger partial charge in [0.05, 0.1) is 25.9 Å². The van der Waals surface area contributed by atoms with Crippen LogP contribution in [0.15, 0.2) is 49.1 Å². The quantitative estimate of drug-likeness (QED) is 0.171. The Morgan fingerprint density at radius 1 is 1.11 bits per heavy atom. The number of ketones is 1. The summed E-state index contributed by atoms with van der Waals surface area (Å²) in [4.78, 5) is 15.2. The van der Waals surface area contributed by atoms with Crippen LogP contribution in [0.5, 0.6) is 5.75 Å². The molecule has 45 heavy (non-hydrogen) atoms. The summed E-state index contributed by atoms with van der Waals surface area (Å²) in [7, 11) is 0.746. The summed E-state index contributed by atoms with van der Waals surface area (Å²) in [6, 6.07) is 7.64. The van der Waals surface area contributed by atoms with Crippen molar-refractivity contribution in [1.29, 1.82) is 0 Å². The lowest BCUT2D eigenvalue weighted by Gasteiger charge is -2.50. The van der Waals surface area contributed by atoms with E-state index in [1.54, 1.807) is 13.2 Å². The normalized spacial score (nSPS) is 35.7. The van der Waals surface area contributed by atoms with Crippen molar-refractivity contribution in [3.05, 3.63) is 54.6 Å². The average Bonchev–Trinajstić information content (AvgIpc) is 3.40. The lowest BCUT2D eigenvalue weighted by molar-refractivity contribution is -0.217. The maximum Gasteiger partial charge on any atom is 0.192 e. The van der Waals surface area contributed by atoms with Gasteiger partial charge in [-0.3, -0.25) is 4.79 Å². The zero-order valence-corrected chi connectivity index (χ0v) is 29.8. The number of fused-ring (bicyclic) bond motifs is 2. The Labute approximate surface area is 270 Å². The highest BCUT2D eigenvalue weighted by Crippen LogP contribution is 2.57. The van der Waals surface area contributed by atoms with Crippen LogP contribution in [0.25, 0.3) is 0 Å². The summed E-state index contributed by atoms with van der Waals surface area (Å²) >= 11 is 0. The number of carbonyl (C=O) groups is 1. The van der Waals surface area contributed by atoms with Crippen molar-refractivity contribution in [3.63, 3.8) is 0 Å². The number of rotatable bonds is 12. The van der Waals surface area contributed by atoms with E-state index in [1.165, 1.54) is 7.11 Å². The Morgan fingerprint density at radius 2 is 1.78 bits per heavy atom. The molecule has 0 spiro atoms. The van der Waals surface area contributed by atoms with Gasteiger partial charge in [-0.05, 0) is 71.0 Å². The topological polar surface area (TPSA) is 102 Å². The van der Waals surface area contributed by atoms with Gasteiger partial charge in [0.15, 0.2) is 19.9 Å².